The molecule has 1 aliphatic rings. The maximum Gasteiger partial charge on any atom is 0.313 e. The van der Waals surface area contributed by atoms with Crippen molar-refractivity contribution >= 4 is 11.4 Å². The Labute approximate surface area is 117 Å². The minimum Gasteiger partial charge on any atom is -0.458 e. The van der Waals surface area contributed by atoms with E-state index in [4.69, 9.17) is 4.74 Å². The van der Waals surface area contributed by atoms with Crippen molar-refractivity contribution in [2.75, 3.05) is 38.1 Å². The number of nitro benzene ring substituents is 1. The van der Waals surface area contributed by atoms with E-state index in [1.54, 1.807) is 12.1 Å². The second-order valence-corrected chi connectivity index (χ2v) is 4.92. The number of likely N-dealkylation sites (N-methyl/N-ethyl adjacent to an activating group) is 1. The van der Waals surface area contributed by atoms with Crippen LogP contribution in [-0.2, 0) is 0 Å². The number of aliphatic hydroxyl groups is 1. The zero-order chi connectivity index (χ0) is 14.7. The van der Waals surface area contributed by atoms with Gasteiger partial charge in [0, 0.05) is 37.9 Å². The molecule has 0 radical (unpaired) electrons. The molecule has 1 N–H and O–H groups in total. The molecule has 1 aliphatic heterocycles. The van der Waals surface area contributed by atoms with Crippen LogP contribution >= 0.6 is 0 Å². The van der Waals surface area contributed by atoms with Gasteiger partial charge in [-0.1, -0.05) is 0 Å². The van der Waals surface area contributed by atoms with Gasteiger partial charge >= 0.3 is 5.69 Å². The molecule has 110 valence electrons. The highest BCUT2D eigenvalue weighted by Crippen LogP contribution is 2.32. The molecule has 0 aliphatic carbocycles. The molecule has 1 atom stereocenters. The van der Waals surface area contributed by atoms with Crippen molar-refractivity contribution in [2.24, 2.45) is 0 Å². The molecule has 0 amide bonds. The Morgan fingerprint density at radius 1 is 1.35 bits per heavy atom. The molecule has 7 heteroatoms. The third-order valence-electron chi connectivity index (χ3n) is 3.31. The van der Waals surface area contributed by atoms with Crippen LogP contribution in [0.1, 0.15) is 6.92 Å². The lowest BCUT2D eigenvalue weighted by Gasteiger charge is -2.34. The highest BCUT2D eigenvalue weighted by molar-refractivity contribution is 5.60. The van der Waals surface area contributed by atoms with Crippen molar-refractivity contribution in [2.45, 2.75) is 13.2 Å². The fourth-order valence-corrected chi connectivity index (χ4v) is 2.19. The third-order valence-corrected chi connectivity index (χ3v) is 3.31. The molecule has 7 nitrogen and oxygen atoms in total. The maximum absolute atomic E-state index is 11.1. The molecule has 1 aromatic carbocycles. The predicted molar refractivity (Wildman–Crippen MR) is 75.1 cm³/mol. The van der Waals surface area contributed by atoms with E-state index in [-0.39, 0.29) is 11.4 Å². The second kappa shape index (κ2) is 6.06. The first-order chi connectivity index (χ1) is 9.47. The van der Waals surface area contributed by atoms with Crippen molar-refractivity contribution in [1.29, 1.82) is 0 Å². The summed E-state index contributed by atoms with van der Waals surface area (Å²) in [6.45, 7) is 4.95. The van der Waals surface area contributed by atoms with Crippen molar-refractivity contribution in [1.82, 2.24) is 4.90 Å². The molecule has 1 heterocycles. The Kier molecular flexibility index (Phi) is 4.41. The highest BCUT2D eigenvalue weighted by Gasteiger charge is 2.21. The topological polar surface area (TPSA) is 79.1 Å². The average Bonchev–Trinajstić information content (AvgIpc) is 2.39. The summed E-state index contributed by atoms with van der Waals surface area (Å²) in [7, 11) is 2.05. The van der Waals surface area contributed by atoms with Crippen LogP contribution in [0.25, 0.3) is 0 Å². The largest absolute Gasteiger partial charge is 0.458 e. The molecule has 1 aromatic rings. The van der Waals surface area contributed by atoms with E-state index in [1.807, 2.05) is 0 Å². The number of nitro groups is 1. The molecule has 20 heavy (non-hydrogen) atoms. The maximum atomic E-state index is 11.1. The summed E-state index contributed by atoms with van der Waals surface area (Å²) in [6, 6.07) is 4.83. The van der Waals surface area contributed by atoms with Crippen molar-refractivity contribution < 1.29 is 14.8 Å². The van der Waals surface area contributed by atoms with E-state index in [1.165, 1.54) is 13.0 Å². The number of aliphatic hydroxyl groups excluding tert-OH is 1. The minimum atomic E-state index is -1.08. The van der Waals surface area contributed by atoms with Crippen LogP contribution in [0.5, 0.6) is 5.75 Å². The van der Waals surface area contributed by atoms with E-state index in [0.29, 0.717) is 0 Å². The fraction of sp³-hybridized carbons (Fsp3) is 0.538. The second-order valence-electron chi connectivity index (χ2n) is 4.92. The lowest BCUT2D eigenvalue weighted by atomic mass is 10.2. The number of piperazine rings is 1. The van der Waals surface area contributed by atoms with Crippen LogP contribution in [0, 0.1) is 10.1 Å². The molecule has 1 unspecified atom stereocenters. The zero-order valence-corrected chi connectivity index (χ0v) is 11.7. The van der Waals surface area contributed by atoms with Gasteiger partial charge in [0.15, 0.2) is 12.0 Å². The Morgan fingerprint density at radius 3 is 2.55 bits per heavy atom. The molecule has 0 spiro atoms. The van der Waals surface area contributed by atoms with Gasteiger partial charge < -0.3 is 19.6 Å². The Morgan fingerprint density at radius 2 is 2.00 bits per heavy atom. The fourth-order valence-electron chi connectivity index (χ4n) is 2.19. The number of ether oxygens (including phenoxy) is 1. The molecule has 0 bridgehead atoms. The number of benzene rings is 1. The Hall–Kier alpha value is -1.86. The predicted octanol–water partition coefficient (Wildman–Crippen LogP) is 1.06. The van der Waals surface area contributed by atoms with Crippen LogP contribution in [-0.4, -0.2) is 54.4 Å². The van der Waals surface area contributed by atoms with Crippen molar-refractivity contribution in [3.63, 3.8) is 0 Å². The lowest BCUT2D eigenvalue weighted by Crippen LogP contribution is -2.44. The molecular formula is C13H19N3O4. The molecule has 1 saturated heterocycles. The van der Waals surface area contributed by atoms with Crippen LogP contribution in [0.4, 0.5) is 11.4 Å². The highest BCUT2D eigenvalue weighted by atomic mass is 16.6. The lowest BCUT2D eigenvalue weighted by molar-refractivity contribution is -0.386. The summed E-state index contributed by atoms with van der Waals surface area (Å²) < 4.78 is 5.05. The summed E-state index contributed by atoms with van der Waals surface area (Å²) in [5, 5.41) is 20.3. The number of anilines is 1. The van der Waals surface area contributed by atoms with E-state index in [0.717, 1.165) is 31.9 Å². The van der Waals surface area contributed by atoms with E-state index < -0.39 is 11.2 Å². The van der Waals surface area contributed by atoms with Crippen LogP contribution in [0.15, 0.2) is 18.2 Å². The first-order valence-electron chi connectivity index (χ1n) is 6.54. The van der Waals surface area contributed by atoms with Gasteiger partial charge in [0.1, 0.15) is 0 Å². The molecule has 1 fully saturated rings. The van der Waals surface area contributed by atoms with Gasteiger partial charge in [-0.05, 0) is 26.1 Å². The first-order valence-corrected chi connectivity index (χ1v) is 6.54. The molecule has 2 rings (SSSR count). The molecule has 0 aromatic heterocycles. The number of hydrogen-bond acceptors (Lipinski definition) is 6. The summed E-state index contributed by atoms with van der Waals surface area (Å²) in [5.41, 5.74) is 0.685. The standard InChI is InChI=1S/C13H19N3O4/c1-10(17)20-13-4-3-11(9-12(13)16(18)19)15-7-5-14(2)6-8-15/h3-4,9-10,17H,5-8H2,1-2H3. The van der Waals surface area contributed by atoms with Gasteiger partial charge in [0.25, 0.3) is 0 Å². The normalized spacial score (nSPS) is 17.9. The Bertz CT molecular complexity index is 485. The smallest absolute Gasteiger partial charge is 0.313 e. The Balaban J connectivity index is 2.23. The van der Waals surface area contributed by atoms with Crippen molar-refractivity contribution in [3.8, 4) is 5.75 Å². The van der Waals surface area contributed by atoms with Crippen LogP contribution in [0.3, 0.4) is 0 Å². The van der Waals surface area contributed by atoms with Gasteiger partial charge in [0.05, 0.1) is 4.92 Å². The van der Waals surface area contributed by atoms with E-state index in [2.05, 4.69) is 16.8 Å². The zero-order valence-electron chi connectivity index (χ0n) is 11.7. The third kappa shape index (κ3) is 3.37. The molecular weight excluding hydrogens is 262 g/mol. The molecule has 0 saturated carbocycles. The van der Waals surface area contributed by atoms with Crippen molar-refractivity contribution in [3.05, 3.63) is 28.3 Å². The van der Waals surface area contributed by atoms with Gasteiger partial charge in [-0.2, -0.15) is 0 Å². The quantitative estimate of drug-likeness (QED) is 0.505. The SMILES string of the molecule is CC(O)Oc1ccc(N2CCN(C)CC2)cc1[N+](=O)[O-]. The number of nitrogens with zero attached hydrogens (tertiary/aromatic N) is 3. The van der Waals surface area contributed by atoms with E-state index >= 15 is 0 Å². The van der Waals surface area contributed by atoms with Gasteiger partial charge in [0.2, 0.25) is 0 Å². The van der Waals surface area contributed by atoms with Gasteiger partial charge in [-0.3, -0.25) is 10.1 Å². The summed E-state index contributed by atoms with van der Waals surface area (Å²) in [5.74, 6) is 0.0860. The average molecular weight is 281 g/mol. The van der Waals surface area contributed by atoms with E-state index in [9.17, 15) is 15.2 Å². The monoisotopic (exact) mass is 281 g/mol. The summed E-state index contributed by atoms with van der Waals surface area (Å²) in [4.78, 5) is 14.9. The number of hydrogen-bond donors (Lipinski definition) is 1. The van der Waals surface area contributed by atoms with Crippen LogP contribution in [0.2, 0.25) is 0 Å². The summed E-state index contributed by atoms with van der Waals surface area (Å²) >= 11 is 0. The summed E-state index contributed by atoms with van der Waals surface area (Å²) in [6.07, 6.45) is -1.08. The first kappa shape index (κ1) is 14.5. The van der Waals surface area contributed by atoms with Crippen LogP contribution < -0.4 is 9.64 Å². The number of rotatable bonds is 4. The van der Waals surface area contributed by atoms with Gasteiger partial charge in [-0.25, -0.2) is 0 Å². The van der Waals surface area contributed by atoms with Gasteiger partial charge in [-0.15, -0.1) is 0 Å². The minimum absolute atomic E-state index is 0.0860.